The highest BCUT2D eigenvalue weighted by atomic mass is 16.5. The van der Waals surface area contributed by atoms with Gasteiger partial charge in [-0.25, -0.2) is 0 Å². The van der Waals surface area contributed by atoms with Gasteiger partial charge in [-0.1, -0.05) is 31.5 Å². The molecule has 1 saturated heterocycles. The van der Waals surface area contributed by atoms with Gasteiger partial charge in [-0.15, -0.1) is 0 Å². The number of nitrogens with zero attached hydrogens (tertiary/aromatic N) is 1. The molecule has 0 saturated carbocycles. The summed E-state index contributed by atoms with van der Waals surface area (Å²) in [6, 6.07) is 8.11. The second-order valence-electron chi connectivity index (χ2n) is 6.18. The Morgan fingerprint density at radius 3 is 3.05 bits per heavy atom. The van der Waals surface area contributed by atoms with Crippen LogP contribution in [0, 0.1) is 0 Å². The van der Waals surface area contributed by atoms with Gasteiger partial charge in [0.25, 0.3) is 0 Å². The van der Waals surface area contributed by atoms with Crippen LogP contribution in [-0.4, -0.2) is 41.2 Å². The highest BCUT2D eigenvalue weighted by Crippen LogP contribution is 2.39. The molecule has 0 aliphatic carbocycles. The Hall–Kier alpha value is -1.55. The molecule has 0 aromatic heterocycles. The zero-order valence-corrected chi connectivity index (χ0v) is 12.5. The van der Waals surface area contributed by atoms with E-state index in [0.29, 0.717) is 6.61 Å². The van der Waals surface area contributed by atoms with Gasteiger partial charge >= 0.3 is 5.97 Å². The van der Waals surface area contributed by atoms with Gasteiger partial charge in [-0.3, -0.25) is 9.69 Å². The first kappa shape index (κ1) is 14.4. The molecule has 2 atom stereocenters. The number of ether oxygens (including phenoxy) is 1. The Morgan fingerprint density at radius 2 is 2.29 bits per heavy atom. The Morgan fingerprint density at radius 1 is 1.48 bits per heavy atom. The summed E-state index contributed by atoms with van der Waals surface area (Å²) in [4.78, 5) is 14.1. The largest absolute Gasteiger partial charge is 0.493 e. The first-order valence-corrected chi connectivity index (χ1v) is 7.87. The Kier molecular flexibility index (Phi) is 3.89. The summed E-state index contributed by atoms with van der Waals surface area (Å²) in [5.41, 5.74) is 0.562. The Balaban J connectivity index is 1.80. The molecule has 2 heterocycles. The minimum atomic E-state index is -0.660. The van der Waals surface area contributed by atoms with Crippen molar-refractivity contribution in [3.05, 3.63) is 29.8 Å². The fourth-order valence-corrected chi connectivity index (χ4v) is 3.89. The number of aliphatic carboxylic acids is 1. The molecule has 1 aromatic rings. The van der Waals surface area contributed by atoms with Crippen LogP contribution in [0.5, 0.6) is 5.75 Å². The number of rotatable bonds is 5. The fourth-order valence-electron chi connectivity index (χ4n) is 3.89. The molecule has 2 unspecified atom stereocenters. The highest BCUT2D eigenvalue weighted by Gasteiger charge is 2.47. The molecule has 2 aliphatic heterocycles. The minimum Gasteiger partial charge on any atom is -0.493 e. The van der Waals surface area contributed by atoms with Crippen molar-refractivity contribution in [1.29, 1.82) is 0 Å². The van der Waals surface area contributed by atoms with Crippen LogP contribution in [0.15, 0.2) is 24.3 Å². The van der Waals surface area contributed by atoms with Gasteiger partial charge in [0.15, 0.2) is 0 Å². The van der Waals surface area contributed by atoms with Crippen LogP contribution < -0.4 is 4.74 Å². The summed E-state index contributed by atoms with van der Waals surface area (Å²) in [5.74, 6) is 0.585. The van der Waals surface area contributed by atoms with Crippen LogP contribution in [0.3, 0.4) is 0 Å². The van der Waals surface area contributed by atoms with Crippen molar-refractivity contribution in [2.24, 2.45) is 0 Å². The molecule has 0 bridgehead atoms. The summed E-state index contributed by atoms with van der Waals surface area (Å²) in [6.45, 7) is 4.39. The average Bonchev–Trinajstić information content (AvgIpc) is 3.06. The summed E-state index contributed by atoms with van der Waals surface area (Å²) in [7, 11) is 0. The van der Waals surface area contributed by atoms with Crippen LogP contribution in [0.4, 0.5) is 0 Å². The van der Waals surface area contributed by atoms with E-state index in [0.717, 1.165) is 44.5 Å². The lowest BCUT2D eigenvalue weighted by Crippen LogP contribution is -2.51. The Labute approximate surface area is 125 Å². The topological polar surface area (TPSA) is 49.8 Å². The SMILES string of the molecule is CCCC1(C(=O)O)CCCN1CC1COc2ccccc21. The zero-order chi connectivity index (χ0) is 14.9. The quantitative estimate of drug-likeness (QED) is 0.905. The lowest BCUT2D eigenvalue weighted by atomic mass is 9.89. The average molecular weight is 289 g/mol. The molecule has 3 rings (SSSR count). The monoisotopic (exact) mass is 289 g/mol. The van der Waals surface area contributed by atoms with Crippen LogP contribution >= 0.6 is 0 Å². The van der Waals surface area contributed by atoms with E-state index in [4.69, 9.17) is 4.74 Å². The van der Waals surface area contributed by atoms with Crippen molar-refractivity contribution < 1.29 is 14.6 Å². The number of hydrogen-bond donors (Lipinski definition) is 1. The molecule has 0 radical (unpaired) electrons. The number of para-hydroxylation sites is 1. The molecule has 0 spiro atoms. The molecule has 114 valence electrons. The van der Waals surface area contributed by atoms with Gasteiger partial charge in [0.2, 0.25) is 0 Å². The van der Waals surface area contributed by atoms with E-state index in [1.807, 2.05) is 18.2 Å². The number of carboxylic acid groups (broad SMARTS) is 1. The first-order chi connectivity index (χ1) is 10.2. The van der Waals surface area contributed by atoms with Crippen molar-refractivity contribution >= 4 is 5.97 Å². The third-order valence-electron chi connectivity index (χ3n) is 4.93. The van der Waals surface area contributed by atoms with E-state index < -0.39 is 11.5 Å². The molecule has 1 fully saturated rings. The fraction of sp³-hybridized carbons (Fsp3) is 0.588. The van der Waals surface area contributed by atoms with Gasteiger partial charge in [0.1, 0.15) is 11.3 Å². The molecule has 4 heteroatoms. The van der Waals surface area contributed by atoms with E-state index >= 15 is 0 Å². The first-order valence-electron chi connectivity index (χ1n) is 7.87. The van der Waals surface area contributed by atoms with Crippen LogP contribution in [0.25, 0.3) is 0 Å². The van der Waals surface area contributed by atoms with Crippen molar-refractivity contribution in [2.75, 3.05) is 19.7 Å². The van der Waals surface area contributed by atoms with Crippen LogP contribution in [0.2, 0.25) is 0 Å². The molecular formula is C17H23NO3. The second kappa shape index (κ2) is 5.68. The summed E-state index contributed by atoms with van der Waals surface area (Å²) >= 11 is 0. The number of fused-ring (bicyclic) bond motifs is 1. The third-order valence-corrected chi connectivity index (χ3v) is 4.93. The van der Waals surface area contributed by atoms with Gasteiger partial charge in [-0.2, -0.15) is 0 Å². The van der Waals surface area contributed by atoms with Crippen LogP contribution in [0.1, 0.15) is 44.1 Å². The highest BCUT2D eigenvalue weighted by molar-refractivity contribution is 5.79. The number of hydrogen-bond acceptors (Lipinski definition) is 3. The Bertz CT molecular complexity index is 531. The van der Waals surface area contributed by atoms with E-state index in [-0.39, 0.29) is 5.92 Å². The lowest BCUT2D eigenvalue weighted by Gasteiger charge is -2.36. The van der Waals surface area contributed by atoms with E-state index in [1.165, 1.54) is 5.56 Å². The van der Waals surface area contributed by atoms with Gasteiger partial charge in [0, 0.05) is 18.0 Å². The normalized spacial score (nSPS) is 28.3. The summed E-state index contributed by atoms with van der Waals surface area (Å²) in [6.07, 6.45) is 3.38. The lowest BCUT2D eigenvalue weighted by molar-refractivity contribution is -0.150. The summed E-state index contributed by atoms with van der Waals surface area (Å²) in [5, 5.41) is 9.76. The smallest absolute Gasteiger partial charge is 0.324 e. The predicted molar refractivity (Wildman–Crippen MR) is 80.8 cm³/mol. The maximum Gasteiger partial charge on any atom is 0.324 e. The van der Waals surface area contributed by atoms with Gasteiger partial charge in [-0.05, 0) is 31.9 Å². The van der Waals surface area contributed by atoms with Crippen molar-refractivity contribution in [1.82, 2.24) is 4.90 Å². The standard InChI is InChI=1S/C17H23NO3/c1-2-8-17(16(19)20)9-5-10-18(17)11-13-12-21-15-7-4-3-6-14(13)15/h3-4,6-7,13H,2,5,8-12H2,1H3,(H,19,20). The molecule has 21 heavy (non-hydrogen) atoms. The maximum atomic E-state index is 11.9. The second-order valence-corrected chi connectivity index (χ2v) is 6.18. The molecule has 1 aromatic carbocycles. The van der Waals surface area contributed by atoms with E-state index in [1.54, 1.807) is 0 Å². The molecule has 2 aliphatic rings. The van der Waals surface area contributed by atoms with Crippen molar-refractivity contribution in [3.63, 3.8) is 0 Å². The molecule has 4 nitrogen and oxygen atoms in total. The van der Waals surface area contributed by atoms with Gasteiger partial charge < -0.3 is 9.84 Å². The zero-order valence-electron chi connectivity index (χ0n) is 12.5. The number of likely N-dealkylation sites (tertiary alicyclic amines) is 1. The van der Waals surface area contributed by atoms with E-state index in [9.17, 15) is 9.90 Å². The minimum absolute atomic E-state index is 0.287. The predicted octanol–water partition coefficient (Wildman–Crippen LogP) is 2.88. The summed E-state index contributed by atoms with van der Waals surface area (Å²) < 4.78 is 5.74. The van der Waals surface area contributed by atoms with Gasteiger partial charge in [0.05, 0.1) is 6.61 Å². The van der Waals surface area contributed by atoms with Crippen LogP contribution in [-0.2, 0) is 4.79 Å². The third kappa shape index (κ3) is 2.42. The van der Waals surface area contributed by atoms with Crippen molar-refractivity contribution in [2.45, 2.75) is 44.1 Å². The maximum absolute atomic E-state index is 11.9. The molecule has 0 amide bonds. The number of carbonyl (C=O) groups is 1. The molecule has 1 N–H and O–H groups in total. The van der Waals surface area contributed by atoms with E-state index in [2.05, 4.69) is 17.9 Å². The number of carboxylic acids is 1. The van der Waals surface area contributed by atoms with Crippen molar-refractivity contribution in [3.8, 4) is 5.75 Å². The number of benzene rings is 1. The molecular weight excluding hydrogens is 266 g/mol.